The van der Waals surface area contributed by atoms with Crippen LogP contribution in [0.25, 0.3) is 0 Å². The lowest BCUT2D eigenvalue weighted by atomic mass is 9.97. The predicted molar refractivity (Wildman–Crippen MR) is 89.0 cm³/mol. The van der Waals surface area contributed by atoms with E-state index < -0.39 is 0 Å². The zero-order valence-corrected chi connectivity index (χ0v) is 13.4. The van der Waals surface area contributed by atoms with E-state index in [1.54, 1.807) is 12.0 Å². The van der Waals surface area contributed by atoms with Gasteiger partial charge in [-0.25, -0.2) is 0 Å². The molecule has 1 atom stereocenters. The van der Waals surface area contributed by atoms with E-state index in [0.29, 0.717) is 0 Å². The minimum atomic E-state index is 0.0112. The first-order chi connectivity index (χ1) is 10.3. The van der Waals surface area contributed by atoms with Crippen LogP contribution in [0, 0.1) is 0 Å². The van der Waals surface area contributed by atoms with Crippen LogP contribution in [-0.2, 0) is 24.0 Å². The van der Waals surface area contributed by atoms with E-state index in [-0.39, 0.29) is 6.04 Å². The minimum Gasteiger partial charge on any atom is -0.384 e. The number of thiophene rings is 1. The van der Waals surface area contributed by atoms with Crippen LogP contribution >= 0.6 is 11.3 Å². The number of methoxy groups -OCH3 is 1. The molecule has 2 nitrogen and oxygen atoms in total. The summed E-state index contributed by atoms with van der Waals surface area (Å²) in [5, 5.41) is 0. The molecule has 2 N–H and O–H groups in total. The lowest BCUT2D eigenvalue weighted by Gasteiger charge is -2.11. The molecule has 3 rings (SSSR count). The fourth-order valence-electron chi connectivity index (χ4n) is 2.94. The van der Waals surface area contributed by atoms with E-state index in [1.807, 2.05) is 11.3 Å². The van der Waals surface area contributed by atoms with E-state index in [2.05, 4.69) is 30.3 Å². The number of aryl methyl sites for hydroxylation is 2. The van der Waals surface area contributed by atoms with Crippen LogP contribution in [0.2, 0.25) is 0 Å². The van der Waals surface area contributed by atoms with E-state index in [0.717, 1.165) is 13.0 Å². The van der Waals surface area contributed by atoms with Crippen molar-refractivity contribution < 1.29 is 4.74 Å². The Morgan fingerprint density at radius 1 is 1.19 bits per heavy atom. The monoisotopic (exact) mass is 301 g/mol. The first-order valence-corrected chi connectivity index (χ1v) is 8.54. The number of fused-ring (bicyclic) bond motifs is 1. The number of rotatable bonds is 5. The predicted octanol–water partition coefficient (Wildman–Crippen LogP) is 3.86. The van der Waals surface area contributed by atoms with Crippen molar-refractivity contribution in [3.05, 3.63) is 56.8 Å². The summed E-state index contributed by atoms with van der Waals surface area (Å²) in [6.45, 7) is 0.767. The van der Waals surface area contributed by atoms with Gasteiger partial charge in [0.15, 0.2) is 0 Å². The normalized spacial score (nSPS) is 15.7. The van der Waals surface area contributed by atoms with Gasteiger partial charge in [-0.3, -0.25) is 0 Å². The average Bonchev–Trinajstić information content (AvgIpc) is 2.96. The highest BCUT2D eigenvalue weighted by molar-refractivity contribution is 7.12. The zero-order chi connectivity index (χ0) is 14.7. The molecule has 1 unspecified atom stereocenters. The van der Waals surface area contributed by atoms with Gasteiger partial charge in [0, 0.05) is 16.9 Å². The van der Waals surface area contributed by atoms with Crippen molar-refractivity contribution in [2.75, 3.05) is 13.7 Å². The van der Waals surface area contributed by atoms with E-state index in [4.69, 9.17) is 10.5 Å². The molecule has 1 heterocycles. The smallest absolute Gasteiger partial charge is 0.0646 e. The van der Waals surface area contributed by atoms with Crippen LogP contribution in [-0.4, -0.2) is 13.7 Å². The van der Waals surface area contributed by atoms with Gasteiger partial charge < -0.3 is 10.5 Å². The lowest BCUT2D eigenvalue weighted by Crippen LogP contribution is -2.10. The average molecular weight is 301 g/mol. The molecule has 112 valence electrons. The molecule has 0 spiro atoms. The SMILES string of the molecule is COCCc1ccc(C(N)c2cc3c(s2)CCCC3)cc1. The van der Waals surface area contributed by atoms with Gasteiger partial charge >= 0.3 is 0 Å². The van der Waals surface area contributed by atoms with Crippen molar-refractivity contribution >= 4 is 11.3 Å². The van der Waals surface area contributed by atoms with Crippen molar-refractivity contribution in [1.82, 2.24) is 0 Å². The number of hydrogen-bond donors (Lipinski definition) is 1. The second-order valence-electron chi connectivity index (χ2n) is 5.77. The number of hydrogen-bond acceptors (Lipinski definition) is 3. The second-order valence-corrected chi connectivity index (χ2v) is 6.93. The highest BCUT2D eigenvalue weighted by Gasteiger charge is 2.17. The summed E-state index contributed by atoms with van der Waals surface area (Å²) in [7, 11) is 1.74. The highest BCUT2D eigenvalue weighted by Crippen LogP contribution is 2.34. The first kappa shape index (κ1) is 14.8. The van der Waals surface area contributed by atoms with Crippen LogP contribution in [0.3, 0.4) is 0 Å². The zero-order valence-electron chi connectivity index (χ0n) is 12.6. The van der Waals surface area contributed by atoms with Crippen molar-refractivity contribution in [3.8, 4) is 0 Å². The summed E-state index contributed by atoms with van der Waals surface area (Å²) < 4.78 is 5.12. The maximum atomic E-state index is 6.46. The first-order valence-electron chi connectivity index (χ1n) is 7.73. The van der Waals surface area contributed by atoms with E-state index in [9.17, 15) is 0 Å². The van der Waals surface area contributed by atoms with Gasteiger partial charge in [-0.05, 0) is 54.9 Å². The van der Waals surface area contributed by atoms with Gasteiger partial charge in [0.2, 0.25) is 0 Å². The van der Waals surface area contributed by atoms with Crippen LogP contribution in [0.15, 0.2) is 30.3 Å². The van der Waals surface area contributed by atoms with Crippen molar-refractivity contribution in [1.29, 1.82) is 0 Å². The molecule has 1 aliphatic rings. The van der Waals surface area contributed by atoms with E-state index in [1.165, 1.54) is 47.3 Å². The number of ether oxygens (including phenoxy) is 1. The molecule has 1 aliphatic carbocycles. The van der Waals surface area contributed by atoms with Gasteiger partial charge in [0.25, 0.3) is 0 Å². The van der Waals surface area contributed by atoms with E-state index >= 15 is 0 Å². The van der Waals surface area contributed by atoms with Crippen molar-refractivity contribution in [2.24, 2.45) is 5.73 Å². The molecular formula is C18H23NOS. The van der Waals surface area contributed by atoms with Gasteiger partial charge in [0.05, 0.1) is 12.6 Å². The van der Waals surface area contributed by atoms with Gasteiger partial charge in [-0.15, -0.1) is 11.3 Å². The maximum Gasteiger partial charge on any atom is 0.0646 e. The largest absolute Gasteiger partial charge is 0.384 e. The summed E-state index contributed by atoms with van der Waals surface area (Å²) in [4.78, 5) is 2.87. The molecule has 1 aromatic heterocycles. The summed E-state index contributed by atoms with van der Waals surface area (Å²) >= 11 is 1.91. The third-order valence-corrected chi connectivity index (χ3v) is 5.58. The molecular weight excluding hydrogens is 278 g/mol. The third kappa shape index (κ3) is 3.37. The third-order valence-electron chi connectivity index (χ3n) is 4.26. The molecule has 0 amide bonds. The summed E-state index contributed by atoms with van der Waals surface area (Å²) in [5.74, 6) is 0. The molecule has 2 aromatic rings. The summed E-state index contributed by atoms with van der Waals surface area (Å²) in [5.41, 5.74) is 10.5. The lowest BCUT2D eigenvalue weighted by molar-refractivity contribution is 0.202. The molecule has 0 bridgehead atoms. The Bertz CT molecular complexity index is 564. The Hall–Kier alpha value is -1.16. The highest BCUT2D eigenvalue weighted by atomic mass is 32.1. The number of benzene rings is 1. The molecule has 0 aliphatic heterocycles. The summed E-state index contributed by atoms with van der Waals surface area (Å²) in [6, 6.07) is 11.0. The van der Waals surface area contributed by atoms with Crippen LogP contribution in [0.5, 0.6) is 0 Å². The van der Waals surface area contributed by atoms with Crippen LogP contribution in [0.1, 0.15) is 45.3 Å². The van der Waals surface area contributed by atoms with Crippen LogP contribution < -0.4 is 5.73 Å². The van der Waals surface area contributed by atoms with Gasteiger partial charge in [-0.2, -0.15) is 0 Å². The Kier molecular flexibility index (Phi) is 4.73. The fourth-order valence-corrected chi connectivity index (χ4v) is 4.23. The fraction of sp³-hybridized carbons (Fsp3) is 0.444. The Balaban J connectivity index is 1.75. The Morgan fingerprint density at radius 2 is 1.95 bits per heavy atom. The second kappa shape index (κ2) is 6.73. The standard InChI is InChI=1S/C18H23NOS/c1-20-11-10-13-6-8-14(9-7-13)18(19)17-12-15-4-2-3-5-16(15)21-17/h6-9,12,18H,2-5,10-11,19H2,1H3. The van der Waals surface area contributed by atoms with Gasteiger partial charge in [-0.1, -0.05) is 24.3 Å². The molecule has 0 fully saturated rings. The van der Waals surface area contributed by atoms with Gasteiger partial charge in [0.1, 0.15) is 0 Å². The molecule has 21 heavy (non-hydrogen) atoms. The van der Waals surface area contributed by atoms with Crippen molar-refractivity contribution in [3.63, 3.8) is 0 Å². The van der Waals surface area contributed by atoms with Crippen LogP contribution in [0.4, 0.5) is 0 Å². The molecule has 1 aromatic carbocycles. The van der Waals surface area contributed by atoms with Crippen molar-refractivity contribution in [2.45, 2.75) is 38.1 Å². The minimum absolute atomic E-state index is 0.0112. The number of nitrogens with two attached hydrogens (primary N) is 1. The topological polar surface area (TPSA) is 35.2 Å². The Morgan fingerprint density at radius 3 is 2.67 bits per heavy atom. The maximum absolute atomic E-state index is 6.46. The molecule has 0 radical (unpaired) electrons. The molecule has 0 saturated heterocycles. The Labute approximate surface area is 130 Å². The molecule has 3 heteroatoms. The quantitative estimate of drug-likeness (QED) is 0.910. The summed E-state index contributed by atoms with van der Waals surface area (Å²) in [6.07, 6.45) is 6.08. The molecule has 0 saturated carbocycles.